The lowest BCUT2D eigenvalue weighted by atomic mass is 10.7. The van der Waals surface area contributed by atoms with Crippen molar-refractivity contribution in [1.82, 2.24) is 4.53 Å². The molecule has 0 aromatic carbocycles. The van der Waals surface area contributed by atoms with Gasteiger partial charge in [-0.3, -0.25) is 0 Å². The number of aliphatic hydroxyl groups excluding tert-OH is 1. The summed E-state index contributed by atoms with van der Waals surface area (Å²) in [6.45, 7) is 2.09. The summed E-state index contributed by atoms with van der Waals surface area (Å²) in [5.41, 5.74) is 0. The molecule has 0 saturated heterocycles. The van der Waals surface area contributed by atoms with E-state index >= 15 is 0 Å². The number of nitrogens with zero attached hydrogens (tertiary/aromatic N) is 1. The van der Waals surface area contributed by atoms with Gasteiger partial charge in [-0.05, 0) is 4.53 Å². The fraction of sp³-hybridized carbons (Fsp3) is 0.600. The van der Waals surface area contributed by atoms with Crippen LogP contribution in [0.2, 0.25) is 0 Å². The smallest absolute Gasteiger partial charge is 0.243 e. The Labute approximate surface area is 64.9 Å². The normalized spacial score (nSPS) is 11.9. The molecule has 0 bridgehead atoms. The van der Waals surface area contributed by atoms with E-state index in [1.807, 2.05) is 0 Å². The van der Waals surface area contributed by atoms with E-state index in [9.17, 15) is 12.9 Å². The highest BCUT2D eigenvalue weighted by atomic mass is 32.2. The molecule has 0 saturated carbocycles. The van der Waals surface area contributed by atoms with E-state index in [0.29, 0.717) is 0 Å². The fourth-order valence-corrected chi connectivity index (χ4v) is 1.27. The third-order valence-electron chi connectivity index (χ3n) is 0.906. The van der Waals surface area contributed by atoms with Gasteiger partial charge in [0.05, 0.1) is 18.9 Å². The van der Waals surface area contributed by atoms with Crippen molar-refractivity contribution in [2.45, 2.75) is 0 Å². The standard InChI is InChI=1S/C5H10FNO3S/c1-2-5-11(9,10)7(6)3-4-8/h2,8H,1,3-5H2. The summed E-state index contributed by atoms with van der Waals surface area (Å²) in [7, 11) is -3.88. The molecule has 0 fully saturated rings. The van der Waals surface area contributed by atoms with Crippen molar-refractivity contribution in [1.29, 1.82) is 0 Å². The maximum absolute atomic E-state index is 12.4. The quantitative estimate of drug-likeness (QED) is 0.469. The van der Waals surface area contributed by atoms with Crippen molar-refractivity contribution in [2.75, 3.05) is 18.9 Å². The molecule has 0 heterocycles. The van der Waals surface area contributed by atoms with Crippen molar-refractivity contribution in [3.63, 3.8) is 0 Å². The van der Waals surface area contributed by atoms with Gasteiger partial charge in [-0.15, -0.1) is 11.1 Å². The van der Waals surface area contributed by atoms with Crippen LogP contribution in [0.15, 0.2) is 12.7 Å². The van der Waals surface area contributed by atoms with Crippen molar-refractivity contribution in [2.24, 2.45) is 0 Å². The molecule has 11 heavy (non-hydrogen) atoms. The molecule has 0 aromatic heterocycles. The Balaban J connectivity index is 4.18. The maximum Gasteiger partial charge on any atom is 0.243 e. The highest BCUT2D eigenvalue weighted by molar-refractivity contribution is 7.89. The van der Waals surface area contributed by atoms with Crippen LogP contribution in [-0.4, -0.2) is 37.0 Å². The van der Waals surface area contributed by atoms with Gasteiger partial charge in [-0.2, -0.15) is 0 Å². The molecule has 0 aromatic rings. The number of rotatable bonds is 5. The van der Waals surface area contributed by atoms with Gasteiger partial charge in [0.2, 0.25) is 10.0 Å². The van der Waals surface area contributed by atoms with E-state index in [0.717, 1.165) is 6.08 Å². The van der Waals surface area contributed by atoms with Gasteiger partial charge in [-0.1, -0.05) is 6.08 Å². The Kier molecular flexibility index (Phi) is 4.24. The van der Waals surface area contributed by atoms with E-state index in [-0.39, 0.29) is 0 Å². The zero-order chi connectivity index (χ0) is 8.91. The van der Waals surface area contributed by atoms with Crippen LogP contribution < -0.4 is 0 Å². The monoisotopic (exact) mass is 183 g/mol. The van der Waals surface area contributed by atoms with Crippen molar-refractivity contribution >= 4 is 10.0 Å². The van der Waals surface area contributed by atoms with Crippen LogP contribution in [-0.2, 0) is 10.0 Å². The molecule has 0 aliphatic carbocycles. The van der Waals surface area contributed by atoms with Gasteiger partial charge in [-0.25, -0.2) is 8.42 Å². The van der Waals surface area contributed by atoms with Crippen molar-refractivity contribution < 1.29 is 18.0 Å². The maximum atomic E-state index is 12.4. The number of hydrogen-bond donors (Lipinski definition) is 1. The second kappa shape index (κ2) is 4.42. The van der Waals surface area contributed by atoms with Gasteiger partial charge < -0.3 is 5.11 Å². The lowest BCUT2D eigenvalue weighted by Crippen LogP contribution is -2.27. The SMILES string of the molecule is C=CCS(=O)(=O)N(F)CCO. The van der Waals surface area contributed by atoms with Crippen LogP contribution in [0.1, 0.15) is 0 Å². The molecule has 4 nitrogen and oxygen atoms in total. The summed E-state index contributed by atoms with van der Waals surface area (Å²) in [4.78, 5) is 0. The molecule has 0 rings (SSSR count). The fourth-order valence-electron chi connectivity index (χ4n) is 0.448. The molecule has 0 radical (unpaired) electrons. The third-order valence-corrected chi connectivity index (χ3v) is 2.35. The predicted molar refractivity (Wildman–Crippen MR) is 38.9 cm³/mol. The van der Waals surface area contributed by atoms with Gasteiger partial charge in [0.25, 0.3) is 0 Å². The zero-order valence-corrected chi connectivity index (χ0v) is 6.72. The zero-order valence-electron chi connectivity index (χ0n) is 5.90. The third kappa shape index (κ3) is 3.45. The van der Waals surface area contributed by atoms with Gasteiger partial charge in [0, 0.05) is 0 Å². The van der Waals surface area contributed by atoms with E-state index in [2.05, 4.69) is 6.58 Å². The summed E-state index contributed by atoms with van der Waals surface area (Å²) in [6.07, 6.45) is 1.08. The average molecular weight is 183 g/mol. The largest absolute Gasteiger partial charge is 0.395 e. The van der Waals surface area contributed by atoms with Crippen LogP contribution in [0.4, 0.5) is 4.48 Å². The van der Waals surface area contributed by atoms with Crippen molar-refractivity contribution in [3.05, 3.63) is 12.7 Å². The van der Waals surface area contributed by atoms with Crippen LogP contribution in [0, 0.1) is 0 Å². The molecule has 66 valence electrons. The Hall–Kier alpha value is -0.460. The van der Waals surface area contributed by atoms with E-state index in [1.54, 1.807) is 0 Å². The van der Waals surface area contributed by atoms with Crippen LogP contribution in [0.25, 0.3) is 0 Å². The number of sulfonamides is 1. The first-order chi connectivity index (χ1) is 5.04. The van der Waals surface area contributed by atoms with Crippen LogP contribution >= 0.6 is 0 Å². The average Bonchev–Trinajstić information content (AvgIpc) is 1.88. The minimum absolute atomic E-state index is 0.394. The number of aliphatic hydroxyl groups is 1. The highest BCUT2D eigenvalue weighted by Gasteiger charge is 2.18. The lowest BCUT2D eigenvalue weighted by Gasteiger charge is -2.08. The topological polar surface area (TPSA) is 57.6 Å². The van der Waals surface area contributed by atoms with Gasteiger partial charge in [0.1, 0.15) is 0 Å². The first-order valence-corrected chi connectivity index (χ1v) is 4.53. The van der Waals surface area contributed by atoms with Crippen LogP contribution in [0.5, 0.6) is 0 Å². The summed E-state index contributed by atoms with van der Waals surface area (Å²) in [5, 5.41) is 8.20. The van der Waals surface area contributed by atoms with Gasteiger partial charge in [0.15, 0.2) is 0 Å². The Morgan fingerprint density at radius 1 is 1.64 bits per heavy atom. The first-order valence-electron chi connectivity index (χ1n) is 2.92. The van der Waals surface area contributed by atoms with Crippen LogP contribution in [0.3, 0.4) is 0 Å². The predicted octanol–water partition coefficient (Wildman–Crippen LogP) is -0.319. The Bertz CT molecular complexity index is 214. The molecule has 6 heteroatoms. The summed E-state index contributed by atoms with van der Waals surface area (Å²) in [6, 6.07) is 0. The summed E-state index contributed by atoms with van der Waals surface area (Å²) >= 11 is 0. The molecule has 0 atom stereocenters. The molecular weight excluding hydrogens is 173 g/mol. The van der Waals surface area contributed by atoms with E-state index in [4.69, 9.17) is 5.11 Å². The second-order valence-corrected chi connectivity index (χ2v) is 3.70. The number of hydrogen-bond acceptors (Lipinski definition) is 3. The van der Waals surface area contributed by atoms with E-state index < -0.39 is 33.5 Å². The molecule has 0 aliphatic heterocycles. The molecular formula is C5H10FNO3S. The Morgan fingerprint density at radius 2 is 2.18 bits per heavy atom. The second-order valence-electron chi connectivity index (χ2n) is 1.80. The molecule has 0 unspecified atom stereocenters. The summed E-state index contributed by atoms with van der Waals surface area (Å²) in [5.74, 6) is -0.455. The van der Waals surface area contributed by atoms with Crippen molar-refractivity contribution in [3.8, 4) is 0 Å². The molecule has 1 N–H and O–H groups in total. The number of halogens is 1. The Morgan fingerprint density at radius 3 is 2.55 bits per heavy atom. The minimum atomic E-state index is -3.88. The lowest BCUT2D eigenvalue weighted by molar-refractivity contribution is 0.109. The summed E-state index contributed by atoms with van der Waals surface area (Å²) < 4.78 is 33.4. The molecule has 0 amide bonds. The first kappa shape index (κ1) is 10.5. The molecule has 0 spiro atoms. The minimum Gasteiger partial charge on any atom is -0.395 e. The van der Waals surface area contributed by atoms with Gasteiger partial charge >= 0.3 is 0 Å². The highest BCUT2D eigenvalue weighted by Crippen LogP contribution is 2.00. The van der Waals surface area contributed by atoms with E-state index in [1.165, 1.54) is 0 Å². The molecule has 0 aliphatic rings.